The summed E-state index contributed by atoms with van der Waals surface area (Å²) in [7, 11) is 3.91. The third kappa shape index (κ3) is 6.47. The Labute approximate surface area is 162 Å². The van der Waals surface area contributed by atoms with Crippen LogP contribution in [0, 0.1) is 5.92 Å². The van der Waals surface area contributed by atoms with Crippen LogP contribution in [0.15, 0.2) is 29.3 Å². The Kier molecular flexibility index (Phi) is 9.24. The number of halogens is 2. The van der Waals surface area contributed by atoms with Crippen LogP contribution in [0.2, 0.25) is 5.02 Å². The molecule has 2 rings (SSSR count). The zero-order valence-corrected chi connectivity index (χ0v) is 17.3. The number of likely N-dealkylation sites (tertiary alicyclic amines) is 1. The Bertz CT molecular complexity index is 492. The minimum Gasteiger partial charge on any atom is -0.356 e. The van der Waals surface area contributed by atoms with Gasteiger partial charge in [0.1, 0.15) is 0 Å². The molecule has 1 heterocycles. The summed E-state index contributed by atoms with van der Waals surface area (Å²) >= 11 is 5.93. The van der Waals surface area contributed by atoms with Crippen molar-refractivity contribution < 1.29 is 0 Å². The first-order chi connectivity index (χ1) is 10.6. The number of hydrogen-bond acceptors (Lipinski definition) is 2. The fraction of sp³-hybridized carbons (Fsp3) is 0.588. The second-order valence-corrected chi connectivity index (χ2v) is 6.40. The average molecular weight is 451 g/mol. The summed E-state index contributed by atoms with van der Waals surface area (Å²) in [5, 5.41) is 4.28. The molecule has 1 fully saturated rings. The topological polar surface area (TPSA) is 30.9 Å². The zero-order valence-electron chi connectivity index (χ0n) is 14.3. The van der Waals surface area contributed by atoms with E-state index in [-0.39, 0.29) is 24.0 Å². The fourth-order valence-electron chi connectivity index (χ4n) is 2.93. The zero-order chi connectivity index (χ0) is 15.9. The minimum atomic E-state index is 0. The lowest BCUT2D eigenvalue weighted by Gasteiger charge is -2.23. The molecule has 1 aromatic rings. The monoisotopic (exact) mass is 450 g/mol. The lowest BCUT2D eigenvalue weighted by atomic mass is 10.1. The van der Waals surface area contributed by atoms with Gasteiger partial charge in [0.2, 0.25) is 0 Å². The molecule has 1 aliphatic rings. The van der Waals surface area contributed by atoms with E-state index >= 15 is 0 Å². The van der Waals surface area contributed by atoms with Gasteiger partial charge in [-0.05, 0) is 43.1 Å². The molecule has 23 heavy (non-hydrogen) atoms. The minimum absolute atomic E-state index is 0. The van der Waals surface area contributed by atoms with Gasteiger partial charge in [-0.15, -0.1) is 24.0 Å². The summed E-state index contributed by atoms with van der Waals surface area (Å²) in [4.78, 5) is 9.05. The van der Waals surface area contributed by atoms with E-state index in [1.807, 2.05) is 19.2 Å². The number of aliphatic imine (C=N–C) groups is 1. The first-order valence-corrected chi connectivity index (χ1v) is 8.38. The molecule has 0 spiro atoms. The predicted molar refractivity (Wildman–Crippen MR) is 110 cm³/mol. The molecule has 1 aliphatic heterocycles. The number of guanidine groups is 1. The van der Waals surface area contributed by atoms with Gasteiger partial charge in [-0.25, -0.2) is 0 Å². The molecule has 6 heteroatoms. The van der Waals surface area contributed by atoms with Crippen LogP contribution in [0.4, 0.5) is 0 Å². The highest BCUT2D eigenvalue weighted by molar-refractivity contribution is 14.0. The molecule has 0 aromatic heterocycles. The van der Waals surface area contributed by atoms with E-state index in [4.69, 9.17) is 11.6 Å². The smallest absolute Gasteiger partial charge is 0.193 e. The molecule has 0 saturated carbocycles. The molecule has 1 saturated heterocycles. The SMILES string of the molecule is CCN1CCC(CNC(=NC)N(C)Cc2ccc(Cl)cc2)C1.I. The Hall–Kier alpha value is -0.530. The number of nitrogens with one attached hydrogen (secondary N) is 1. The largest absolute Gasteiger partial charge is 0.356 e. The molecule has 1 aromatic carbocycles. The van der Waals surface area contributed by atoms with Crippen molar-refractivity contribution in [3.05, 3.63) is 34.9 Å². The summed E-state index contributed by atoms with van der Waals surface area (Å²) < 4.78 is 0. The lowest BCUT2D eigenvalue weighted by molar-refractivity contribution is 0.340. The van der Waals surface area contributed by atoms with E-state index < -0.39 is 0 Å². The second kappa shape index (κ2) is 10.4. The van der Waals surface area contributed by atoms with Crippen LogP contribution in [0.3, 0.4) is 0 Å². The van der Waals surface area contributed by atoms with Crippen LogP contribution in [-0.4, -0.2) is 56.0 Å². The Balaban J connectivity index is 0.00000264. The van der Waals surface area contributed by atoms with Crippen molar-refractivity contribution in [1.82, 2.24) is 15.1 Å². The van der Waals surface area contributed by atoms with Gasteiger partial charge in [-0.3, -0.25) is 4.99 Å². The molecule has 1 N–H and O–H groups in total. The molecular formula is C17H28ClIN4. The maximum absolute atomic E-state index is 5.93. The molecule has 0 aliphatic carbocycles. The lowest BCUT2D eigenvalue weighted by Crippen LogP contribution is -2.41. The summed E-state index contributed by atoms with van der Waals surface area (Å²) in [5.74, 6) is 1.67. The quantitative estimate of drug-likeness (QED) is 0.424. The van der Waals surface area contributed by atoms with Crippen molar-refractivity contribution in [2.45, 2.75) is 19.9 Å². The molecule has 0 radical (unpaired) electrons. The number of hydrogen-bond donors (Lipinski definition) is 1. The first-order valence-electron chi connectivity index (χ1n) is 8.01. The molecule has 130 valence electrons. The van der Waals surface area contributed by atoms with E-state index in [1.165, 1.54) is 25.1 Å². The van der Waals surface area contributed by atoms with Gasteiger partial charge in [-0.2, -0.15) is 0 Å². The predicted octanol–water partition coefficient (Wildman–Crippen LogP) is 3.31. The van der Waals surface area contributed by atoms with E-state index in [0.29, 0.717) is 0 Å². The van der Waals surface area contributed by atoms with Crippen molar-refractivity contribution in [1.29, 1.82) is 0 Å². The average Bonchev–Trinajstić information content (AvgIpc) is 2.98. The molecule has 4 nitrogen and oxygen atoms in total. The third-order valence-electron chi connectivity index (χ3n) is 4.27. The fourth-order valence-corrected chi connectivity index (χ4v) is 3.05. The van der Waals surface area contributed by atoms with Gasteiger partial charge in [0.05, 0.1) is 0 Å². The molecule has 1 unspecified atom stereocenters. The van der Waals surface area contributed by atoms with Gasteiger partial charge in [0, 0.05) is 38.8 Å². The van der Waals surface area contributed by atoms with Crippen molar-refractivity contribution in [2.75, 3.05) is 40.3 Å². The molecule has 0 bridgehead atoms. The second-order valence-electron chi connectivity index (χ2n) is 5.96. The van der Waals surface area contributed by atoms with E-state index in [9.17, 15) is 0 Å². The van der Waals surface area contributed by atoms with Crippen molar-refractivity contribution in [3.8, 4) is 0 Å². The highest BCUT2D eigenvalue weighted by atomic mass is 127. The van der Waals surface area contributed by atoms with E-state index in [1.54, 1.807) is 0 Å². The van der Waals surface area contributed by atoms with Crippen LogP contribution in [0.25, 0.3) is 0 Å². The number of benzene rings is 1. The van der Waals surface area contributed by atoms with Gasteiger partial charge < -0.3 is 15.1 Å². The maximum atomic E-state index is 5.93. The molecule has 0 amide bonds. The van der Waals surface area contributed by atoms with Gasteiger partial charge in [0.25, 0.3) is 0 Å². The first kappa shape index (κ1) is 20.5. The third-order valence-corrected chi connectivity index (χ3v) is 4.52. The normalized spacial score (nSPS) is 18.6. The maximum Gasteiger partial charge on any atom is 0.193 e. The number of nitrogens with zero attached hydrogens (tertiary/aromatic N) is 3. The van der Waals surface area contributed by atoms with Gasteiger partial charge >= 0.3 is 0 Å². The molecular weight excluding hydrogens is 423 g/mol. The van der Waals surface area contributed by atoms with Gasteiger partial charge in [0.15, 0.2) is 5.96 Å². The van der Waals surface area contributed by atoms with Crippen LogP contribution in [-0.2, 0) is 6.54 Å². The van der Waals surface area contributed by atoms with Crippen molar-refractivity contribution in [2.24, 2.45) is 10.9 Å². The Morgan fingerprint density at radius 3 is 2.65 bits per heavy atom. The molecule has 1 atom stereocenters. The summed E-state index contributed by atoms with van der Waals surface area (Å²) in [5.41, 5.74) is 1.23. The van der Waals surface area contributed by atoms with Crippen LogP contribution >= 0.6 is 35.6 Å². The summed E-state index contributed by atoms with van der Waals surface area (Å²) in [6.45, 7) is 7.62. The Morgan fingerprint density at radius 2 is 2.09 bits per heavy atom. The highest BCUT2D eigenvalue weighted by Gasteiger charge is 2.21. The Morgan fingerprint density at radius 1 is 1.39 bits per heavy atom. The number of rotatable bonds is 5. The van der Waals surface area contributed by atoms with Crippen molar-refractivity contribution >= 4 is 41.5 Å². The van der Waals surface area contributed by atoms with E-state index in [2.05, 4.69) is 46.2 Å². The van der Waals surface area contributed by atoms with Crippen LogP contribution in [0.1, 0.15) is 18.9 Å². The van der Waals surface area contributed by atoms with Crippen LogP contribution in [0.5, 0.6) is 0 Å². The standard InChI is InChI=1S/C17H27ClN4.HI/c1-4-22-10-9-15(13-22)11-20-17(19-2)21(3)12-14-5-7-16(18)8-6-14;/h5-8,15H,4,9-13H2,1-3H3,(H,19,20);1H. The summed E-state index contributed by atoms with van der Waals surface area (Å²) in [6.07, 6.45) is 1.28. The highest BCUT2D eigenvalue weighted by Crippen LogP contribution is 2.15. The van der Waals surface area contributed by atoms with Crippen LogP contribution < -0.4 is 5.32 Å². The van der Waals surface area contributed by atoms with E-state index in [0.717, 1.165) is 36.5 Å². The summed E-state index contributed by atoms with van der Waals surface area (Å²) in [6, 6.07) is 7.97. The van der Waals surface area contributed by atoms with Gasteiger partial charge in [-0.1, -0.05) is 30.7 Å². The van der Waals surface area contributed by atoms with Crippen molar-refractivity contribution in [3.63, 3.8) is 0 Å².